The van der Waals surface area contributed by atoms with E-state index in [0.29, 0.717) is 5.69 Å². The zero-order chi connectivity index (χ0) is 16.1. The van der Waals surface area contributed by atoms with Crippen LogP contribution < -0.4 is 5.32 Å². The normalized spacial score (nSPS) is 10.1. The summed E-state index contributed by atoms with van der Waals surface area (Å²) in [7, 11) is 1.28. The molecular formula is C17H16ClNO3. The van der Waals surface area contributed by atoms with Crippen molar-refractivity contribution in [3.63, 3.8) is 0 Å². The molecule has 0 spiro atoms. The number of carbonyl (C=O) groups excluding carboxylic acids is 2. The Morgan fingerprint density at radius 1 is 1.14 bits per heavy atom. The minimum atomic E-state index is -0.542. The smallest absolute Gasteiger partial charge is 0.339 e. The van der Waals surface area contributed by atoms with E-state index >= 15 is 0 Å². The van der Waals surface area contributed by atoms with Crippen LogP contribution in [0.1, 0.15) is 21.5 Å². The molecule has 1 amide bonds. The number of hydrogen-bond acceptors (Lipinski definition) is 3. The van der Waals surface area contributed by atoms with Crippen LogP contribution in [0.25, 0.3) is 0 Å². The molecule has 114 valence electrons. The largest absolute Gasteiger partial charge is 0.465 e. The predicted molar refractivity (Wildman–Crippen MR) is 86.3 cm³/mol. The number of carbonyl (C=O) groups is 2. The quantitative estimate of drug-likeness (QED) is 0.876. The summed E-state index contributed by atoms with van der Waals surface area (Å²) in [5.74, 6) is -0.707. The number of ether oxygens (including phenoxy) is 1. The summed E-state index contributed by atoms with van der Waals surface area (Å²) in [6.07, 6.45) is 0.260. The number of benzene rings is 2. The highest BCUT2D eigenvalue weighted by atomic mass is 35.5. The fourth-order valence-electron chi connectivity index (χ4n) is 1.97. The van der Waals surface area contributed by atoms with Crippen molar-refractivity contribution in [2.24, 2.45) is 0 Å². The third-order valence-corrected chi connectivity index (χ3v) is 3.47. The van der Waals surface area contributed by atoms with E-state index < -0.39 is 5.97 Å². The van der Waals surface area contributed by atoms with Gasteiger partial charge in [-0.1, -0.05) is 41.4 Å². The molecule has 0 aliphatic rings. The van der Waals surface area contributed by atoms with Crippen molar-refractivity contribution in [1.29, 1.82) is 0 Å². The summed E-state index contributed by atoms with van der Waals surface area (Å²) in [5, 5.41) is 3.03. The number of anilines is 1. The van der Waals surface area contributed by atoms with E-state index in [4.69, 9.17) is 11.6 Å². The van der Waals surface area contributed by atoms with Gasteiger partial charge >= 0.3 is 5.97 Å². The first kappa shape index (κ1) is 16.0. The third-order valence-electron chi connectivity index (χ3n) is 3.14. The van der Waals surface area contributed by atoms with E-state index in [1.165, 1.54) is 13.2 Å². The van der Waals surface area contributed by atoms with Gasteiger partial charge in [-0.2, -0.15) is 0 Å². The Morgan fingerprint density at radius 3 is 2.45 bits per heavy atom. The number of amides is 1. The second-order valence-electron chi connectivity index (χ2n) is 4.90. The van der Waals surface area contributed by atoms with Crippen LogP contribution >= 0.6 is 11.6 Å². The number of aryl methyl sites for hydroxylation is 1. The van der Waals surface area contributed by atoms with Gasteiger partial charge in [0.05, 0.1) is 24.1 Å². The van der Waals surface area contributed by atoms with E-state index in [2.05, 4.69) is 10.1 Å². The van der Waals surface area contributed by atoms with Crippen molar-refractivity contribution in [2.45, 2.75) is 13.3 Å². The van der Waals surface area contributed by atoms with E-state index in [1.54, 1.807) is 12.1 Å². The highest BCUT2D eigenvalue weighted by molar-refractivity contribution is 6.33. The van der Waals surface area contributed by atoms with Crippen LogP contribution in [0.3, 0.4) is 0 Å². The Morgan fingerprint density at radius 2 is 1.82 bits per heavy atom. The van der Waals surface area contributed by atoms with E-state index in [9.17, 15) is 9.59 Å². The molecule has 0 aliphatic carbocycles. The second kappa shape index (κ2) is 7.09. The van der Waals surface area contributed by atoms with Crippen molar-refractivity contribution in [1.82, 2.24) is 0 Å². The number of esters is 1. The van der Waals surface area contributed by atoms with Crippen molar-refractivity contribution < 1.29 is 14.3 Å². The Bertz CT molecular complexity index is 696. The molecular weight excluding hydrogens is 302 g/mol. The zero-order valence-corrected chi connectivity index (χ0v) is 13.1. The summed E-state index contributed by atoms with van der Waals surface area (Å²) in [4.78, 5) is 23.6. The SMILES string of the molecule is COC(=O)c1cc(NC(=O)Cc2ccc(C)cc2)ccc1Cl. The molecule has 0 aliphatic heterocycles. The van der Waals surface area contributed by atoms with Crippen LogP contribution in [0.2, 0.25) is 5.02 Å². The maximum atomic E-state index is 12.0. The standard InChI is InChI=1S/C17H16ClNO3/c1-11-3-5-12(6-4-11)9-16(20)19-13-7-8-15(18)14(10-13)17(21)22-2/h3-8,10H,9H2,1-2H3,(H,19,20). The van der Waals surface area contributed by atoms with Gasteiger partial charge in [-0.05, 0) is 30.7 Å². The first-order valence-corrected chi connectivity index (χ1v) is 7.10. The molecule has 0 radical (unpaired) electrons. The number of rotatable bonds is 4. The average Bonchev–Trinajstić information content (AvgIpc) is 2.50. The molecule has 0 saturated heterocycles. The van der Waals surface area contributed by atoms with Gasteiger partial charge < -0.3 is 10.1 Å². The number of methoxy groups -OCH3 is 1. The van der Waals surface area contributed by atoms with Gasteiger partial charge in [0.15, 0.2) is 0 Å². The molecule has 22 heavy (non-hydrogen) atoms. The molecule has 5 heteroatoms. The third kappa shape index (κ3) is 4.09. The summed E-state index contributed by atoms with van der Waals surface area (Å²) in [5.41, 5.74) is 2.79. The van der Waals surface area contributed by atoms with Crippen LogP contribution in [0.4, 0.5) is 5.69 Å². The molecule has 1 N–H and O–H groups in total. The van der Waals surface area contributed by atoms with Gasteiger partial charge in [-0.3, -0.25) is 4.79 Å². The number of halogens is 1. The lowest BCUT2D eigenvalue weighted by atomic mass is 10.1. The highest BCUT2D eigenvalue weighted by Gasteiger charge is 2.12. The molecule has 0 atom stereocenters. The Kier molecular flexibility index (Phi) is 5.17. The van der Waals surface area contributed by atoms with Gasteiger partial charge in [-0.15, -0.1) is 0 Å². The van der Waals surface area contributed by atoms with Gasteiger partial charge in [0, 0.05) is 5.69 Å². The molecule has 0 bridgehead atoms. The Labute approximate surface area is 134 Å². The minimum absolute atomic E-state index is 0.165. The van der Waals surface area contributed by atoms with E-state index in [1.807, 2.05) is 31.2 Å². The first-order valence-electron chi connectivity index (χ1n) is 6.73. The molecule has 0 saturated carbocycles. The summed E-state index contributed by atoms with van der Waals surface area (Å²) >= 11 is 5.94. The molecule has 4 nitrogen and oxygen atoms in total. The number of nitrogens with one attached hydrogen (secondary N) is 1. The fourth-order valence-corrected chi connectivity index (χ4v) is 2.16. The Balaban J connectivity index is 2.08. The fraction of sp³-hybridized carbons (Fsp3) is 0.176. The predicted octanol–water partition coefficient (Wildman–Crippen LogP) is 3.62. The molecule has 0 fully saturated rings. The van der Waals surface area contributed by atoms with Crippen LogP contribution in [-0.2, 0) is 16.0 Å². The molecule has 2 rings (SSSR count). The first-order chi connectivity index (χ1) is 10.5. The Hall–Kier alpha value is -2.33. The van der Waals surface area contributed by atoms with Crippen molar-refractivity contribution in [2.75, 3.05) is 12.4 Å². The lowest BCUT2D eigenvalue weighted by Crippen LogP contribution is -2.15. The second-order valence-corrected chi connectivity index (χ2v) is 5.30. The van der Waals surface area contributed by atoms with Gasteiger partial charge in [0.1, 0.15) is 0 Å². The average molecular weight is 318 g/mol. The van der Waals surface area contributed by atoms with Crippen molar-refractivity contribution in [3.8, 4) is 0 Å². The van der Waals surface area contributed by atoms with Crippen LogP contribution in [0.5, 0.6) is 0 Å². The minimum Gasteiger partial charge on any atom is -0.465 e. The van der Waals surface area contributed by atoms with Gasteiger partial charge in [0.25, 0.3) is 0 Å². The maximum Gasteiger partial charge on any atom is 0.339 e. The lowest BCUT2D eigenvalue weighted by Gasteiger charge is -2.08. The maximum absolute atomic E-state index is 12.0. The van der Waals surface area contributed by atoms with Crippen LogP contribution in [0.15, 0.2) is 42.5 Å². The van der Waals surface area contributed by atoms with Gasteiger partial charge in [-0.25, -0.2) is 4.79 Å². The molecule has 2 aromatic rings. The van der Waals surface area contributed by atoms with Crippen LogP contribution in [0, 0.1) is 6.92 Å². The monoisotopic (exact) mass is 317 g/mol. The van der Waals surface area contributed by atoms with E-state index in [0.717, 1.165) is 11.1 Å². The summed E-state index contributed by atoms with van der Waals surface area (Å²) in [6, 6.07) is 12.4. The van der Waals surface area contributed by atoms with E-state index in [-0.39, 0.29) is 22.9 Å². The topological polar surface area (TPSA) is 55.4 Å². The molecule has 2 aromatic carbocycles. The summed E-state index contributed by atoms with van der Waals surface area (Å²) in [6.45, 7) is 1.99. The number of hydrogen-bond donors (Lipinski definition) is 1. The summed E-state index contributed by atoms with van der Waals surface area (Å²) < 4.78 is 4.65. The molecule has 0 aromatic heterocycles. The highest BCUT2D eigenvalue weighted by Crippen LogP contribution is 2.21. The zero-order valence-electron chi connectivity index (χ0n) is 12.4. The van der Waals surface area contributed by atoms with Crippen LogP contribution in [-0.4, -0.2) is 19.0 Å². The lowest BCUT2D eigenvalue weighted by molar-refractivity contribution is -0.115. The molecule has 0 heterocycles. The molecule has 0 unspecified atom stereocenters. The van der Waals surface area contributed by atoms with Gasteiger partial charge in [0.2, 0.25) is 5.91 Å². The van der Waals surface area contributed by atoms with Crippen molar-refractivity contribution >= 4 is 29.2 Å². The van der Waals surface area contributed by atoms with Crippen molar-refractivity contribution in [3.05, 3.63) is 64.2 Å².